The van der Waals surface area contributed by atoms with Crippen LogP contribution in [0.2, 0.25) is 0 Å². The summed E-state index contributed by atoms with van der Waals surface area (Å²) >= 11 is 0. The predicted octanol–water partition coefficient (Wildman–Crippen LogP) is 7.54. The maximum atomic E-state index is 12.7. The molecule has 6 aromatic heterocycles. The van der Waals surface area contributed by atoms with E-state index in [1.165, 1.54) is 0 Å². The van der Waals surface area contributed by atoms with Crippen LogP contribution in [0.3, 0.4) is 0 Å². The highest BCUT2D eigenvalue weighted by atomic mass is 16.4. The van der Waals surface area contributed by atoms with Gasteiger partial charge in [-0.1, -0.05) is 0 Å². The van der Waals surface area contributed by atoms with Gasteiger partial charge in [0.1, 0.15) is 5.56 Å². The van der Waals surface area contributed by atoms with Crippen molar-refractivity contribution in [2.45, 2.75) is 0 Å². The molecule has 0 aromatic carbocycles. The molecular weight excluding hydrogens is 562 g/mol. The molecular formula is C36H23N7O2. The Kier molecular flexibility index (Phi) is 6.20. The van der Waals surface area contributed by atoms with Crippen molar-refractivity contribution >= 4 is 52.3 Å². The molecule has 45 heavy (non-hydrogen) atoms. The summed E-state index contributed by atoms with van der Waals surface area (Å²) in [6.07, 6.45) is 18.0. The molecule has 9 nitrogen and oxygen atoms in total. The van der Waals surface area contributed by atoms with E-state index in [0.29, 0.717) is 16.9 Å². The van der Waals surface area contributed by atoms with E-state index < -0.39 is 5.97 Å². The number of carboxylic acids is 1. The number of H-pyrrole nitrogens is 2. The van der Waals surface area contributed by atoms with Gasteiger partial charge in [-0.3, -0.25) is 15.0 Å². The van der Waals surface area contributed by atoms with E-state index in [1.807, 2.05) is 72.8 Å². The average molecular weight is 586 g/mol. The number of aromatic nitrogens is 7. The van der Waals surface area contributed by atoms with Crippen molar-refractivity contribution in [1.29, 1.82) is 0 Å². The van der Waals surface area contributed by atoms with E-state index in [1.54, 1.807) is 49.3 Å². The van der Waals surface area contributed by atoms with Crippen molar-refractivity contribution in [2.75, 3.05) is 0 Å². The molecule has 0 amide bonds. The summed E-state index contributed by atoms with van der Waals surface area (Å²) in [6, 6.07) is 19.3. The number of hydrogen-bond acceptors (Lipinski definition) is 6. The van der Waals surface area contributed by atoms with Crippen molar-refractivity contribution in [2.24, 2.45) is 0 Å². The lowest BCUT2D eigenvalue weighted by Crippen LogP contribution is -2.00. The first-order valence-corrected chi connectivity index (χ1v) is 14.2. The summed E-state index contributed by atoms with van der Waals surface area (Å²) in [7, 11) is 0. The van der Waals surface area contributed by atoms with Crippen LogP contribution < -0.4 is 0 Å². The van der Waals surface area contributed by atoms with E-state index in [0.717, 1.165) is 61.3 Å². The Bertz CT molecular complexity index is 2300. The minimum atomic E-state index is -1.09. The Morgan fingerprint density at radius 3 is 1.20 bits per heavy atom. The maximum absolute atomic E-state index is 12.7. The van der Waals surface area contributed by atoms with E-state index in [4.69, 9.17) is 9.97 Å². The summed E-state index contributed by atoms with van der Waals surface area (Å²) in [5, 5.41) is 10.4. The largest absolute Gasteiger partial charge is 0.478 e. The molecule has 9 heteroatoms. The molecule has 2 aliphatic rings. The van der Waals surface area contributed by atoms with Gasteiger partial charge in [0.25, 0.3) is 0 Å². The quantitative estimate of drug-likeness (QED) is 0.194. The molecule has 214 valence electrons. The smallest absolute Gasteiger partial charge is 0.340 e. The molecule has 0 fully saturated rings. The second-order valence-electron chi connectivity index (χ2n) is 10.5. The molecule has 0 saturated heterocycles. The lowest BCUT2D eigenvalue weighted by molar-refractivity contribution is 0.0698. The van der Waals surface area contributed by atoms with Crippen LogP contribution in [0.5, 0.6) is 0 Å². The second-order valence-corrected chi connectivity index (χ2v) is 10.5. The van der Waals surface area contributed by atoms with Crippen LogP contribution in [0, 0.1) is 0 Å². The summed E-state index contributed by atoms with van der Waals surface area (Å²) in [4.78, 5) is 42.4. The van der Waals surface area contributed by atoms with Gasteiger partial charge in [0.15, 0.2) is 0 Å². The molecule has 2 aliphatic heterocycles. The van der Waals surface area contributed by atoms with Crippen LogP contribution in [0.4, 0.5) is 0 Å². The van der Waals surface area contributed by atoms with Gasteiger partial charge < -0.3 is 15.1 Å². The Labute approximate surface area is 256 Å². The zero-order valence-electron chi connectivity index (χ0n) is 23.6. The van der Waals surface area contributed by atoms with E-state index in [9.17, 15) is 9.90 Å². The summed E-state index contributed by atoms with van der Waals surface area (Å²) < 4.78 is 0. The predicted molar refractivity (Wildman–Crippen MR) is 176 cm³/mol. The summed E-state index contributed by atoms with van der Waals surface area (Å²) in [6.45, 7) is 0. The van der Waals surface area contributed by atoms with Crippen molar-refractivity contribution in [3.63, 3.8) is 0 Å². The van der Waals surface area contributed by atoms with Crippen LogP contribution in [0.25, 0.3) is 79.8 Å². The fraction of sp³-hybridized carbons (Fsp3) is 0. The van der Waals surface area contributed by atoms with E-state index in [-0.39, 0.29) is 5.56 Å². The molecule has 0 unspecified atom stereocenters. The number of nitrogens with one attached hydrogen (secondary N) is 2. The van der Waals surface area contributed by atoms with Gasteiger partial charge in [-0.15, -0.1) is 0 Å². The molecule has 8 bridgehead atoms. The summed E-state index contributed by atoms with van der Waals surface area (Å²) in [5.74, 6) is -1.09. The van der Waals surface area contributed by atoms with Crippen LogP contribution in [0.1, 0.15) is 33.1 Å². The first-order valence-electron chi connectivity index (χ1n) is 14.2. The number of rotatable bonds is 4. The molecule has 8 rings (SSSR count). The lowest BCUT2D eigenvalue weighted by atomic mass is 10.1. The van der Waals surface area contributed by atoms with Gasteiger partial charge in [-0.2, -0.15) is 0 Å². The highest BCUT2D eigenvalue weighted by Gasteiger charge is 2.20. The van der Waals surface area contributed by atoms with Gasteiger partial charge in [-0.25, -0.2) is 14.8 Å². The van der Waals surface area contributed by atoms with Gasteiger partial charge in [0.05, 0.1) is 28.3 Å². The van der Waals surface area contributed by atoms with Crippen molar-refractivity contribution in [3.05, 3.63) is 126 Å². The fourth-order valence-electron chi connectivity index (χ4n) is 5.90. The van der Waals surface area contributed by atoms with Gasteiger partial charge in [-0.05, 0) is 102 Å². The van der Waals surface area contributed by atoms with Crippen LogP contribution >= 0.6 is 0 Å². The zero-order valence-corrected chi connectivity index (χ0v) is 23.6. The minimum Gasteiger partial charge on any atom is -0.478 e. The normalized spacial score (nSPS) is 12.0. The molecule has 0 spiro atoms. The van der Waals surface area contributed by atoms with Crippen LogP contribution in [-0.2, 0) is 0 Å². The minimum absolute atomic E-state index is 0.0689. The molecule has 3 N–H and O–H groups in total. The standard InChI is InChI=1S/C36H23N7O2/c44-36(45)35-30-7-5-28(42-30)33(22-11-17-38-18-12-22)26-3-1-24(40-26)32(21-9-15-37-16-10-21)25-2-4-27(41-25)34(23-13-19-39-20-14-23)29-6-8-31(35)43-29/h1-20,40,43H,(H,44,45). The molecule has 6 aromatic rings. The number of aromatic carboxylic acids is 1. The molecule has 0 atom stereocenters. The number of fused-ring (bicyclic) bond motifs is 8. The number of aromatic amines is 2. The number of carbonyl (C=O) groups is 1. The zero-order chi connectivity index (χ0) is 30.3. The second kappa shape index (κ2) is 10.7. The first kappa shape index (κ1) is 26.2. The molecule has 0 radical (unpaired) electrons. The third-order valence-corrected chi connectivity index (χ3v) is 7.87. The monoisotopic (exact) mass is 585 g/mol. The van der Waals surface area contributed by atoms with Crippen LogP contribution in [-0.4, -0.2) is 46.0 Å². The van der Waals surface area contributed by atoms with Crippen molar-refractivity contribution in [3.8, 4) is 33.4 Å². The highest BCUT2D eigenvalue weighted by Crippen LogP contribution is 2.36. The Hall–Kier alpha value is -6.48. The third kappa shape index (κ3) is 4.59. The highest BCUT2D eigenvalue weighted by molar-refractivity contribution is 6.03. The SMILES string of the molecule is O=C(O)c1c2nc(c(-c3ccncc3)c3ccc([nH]3)c(-c3ccncc3)c3nc(c(-c4ccncc4)c4ccc1[nH]4)C=C3)C=C2. The Morgan fingerprint density at radius 2 is 0.800 bits per heavy atom. The van der Waals surface area contributed by atoms with Gasteiger partial charge in [0.2, 0.25) is 0 Å². The van der Waals surface area contributed by atoms with Gasteiger partial charge >= 0.3 is 5.97 Å². The number of hydrogen-bond donors (Lipinski definition) is 3. The lowest BCUT2D eigenvalue weighted by Gasteiger charge is -2.05. The molecule has 0 aliphatic carbocycles. The molecule has 8 heterocycles. The maximum Gasteiger partial charge on any atom is 0.340 e. The third-order valence-electron chi connectivity index (χ3n) is 7.87. The number of nitrogens with zero attached hydrogens (tertiary/aromatic N) is 5. The Morgan fingerprint density at radius 1 is 0.467 bits per heavy atom. The number of carboxylic acid groups (broad SMARTS) is 1. The number of pyridine rings is 3. The topological polar surface area (TPSA) is 133 Å². The van der Waals surface area contributed by atoms with Crippen LogP contribution in [0.15, 0.2) is 97.8 Å². The average Bonchev–Trinajstić information content (AvgIpc) is 3.90. The van der Waals surface area contributed by atoms with Gasteiger partial charge in [0, 0.05) is 70.4 Å². The van der Waals surface area contributed by atoms with E-state index >= 15 is 0 Å². The van der Waals surface area contributed by atoms with E-state index in [2.05, 4.69) is 24.9 Å². The first-order chi connectivity index (χ1) is 22.1. The fourth-order valence-corrected chi connectivity index (χ4v) is 5.90. The summed E-state index contributed by atoms with van der Waals surface area (Å²) in [5.41, 5.74) is 10.6. The Balaban J connectivity index is 1.58. The van der Waals surface area contributed by atoms with Crippen molar-refractivity contribution < 1.29 is 9.90 Å². The van der Waals surface area contributed by atoms with Crippen molar-refractivity contribution in [1.82, 2.24) is 34.9 Å². The molecule has 0 saturated carbocycles.